The molecule has 1 saturated carbocycles. The summed E-state index contributed by atoms with van der Waals surface area (Å²) in [6.45, 7) is 6.90. The summed E-state index contributed by atoms with van der Waals surface area (Å²) in [4.78, 5) is 27.1. The van der Waals surface area contributed by atoms with Gasteiger partial charge in [0, 0.05) is 12.6 Å². The normalized spacial score (nSPS) is 25.6. The second-order valence-electron chi connectivity index (χ2n) is 8.38. The summed E-state index contributed by atoms with van der Waals surface area (Å²) in [5.74, 6) is 1.38. The number of hydrogen-bond donors (Lipinski definition) is 1. The number of rotatable bonds is 3. The highest BCUT2D eigenvalue weighted by Crippen LogP contribution is 2.48. The maximum absolute atomic E-state index is 12.7. The van der Waals surface area contributed by atoms with Gasteiger partial charge in [0.1, 0.15) is 18.8 Å². The molecule has 27 heavy (non-hydrogen) atoms. The minimum atomic E-state index is -0.529. The van der Waals surface area contributed by atoms with Crippen molar-refractivity contribution in [1.29, 1.82) is 0 Å². The lowest BCUT2D eigenvalue weighted by molar-refractivity contribution is 0.0183. The van der Waals surface area contributed by atoms with Crippen LogP contribution in [-0.2, 0) is 4.74 Å². The number of benzene rings is 1. The zero-order valence-electron chi connectivity index (χ0n) is 16.0. The molecule has 0 aromatic heterocycles. The number of carbonyl (C=O) groups is 2. The summed E-state index contributed by atoms with van der Waals surface area (Å²) in [6, 6.07) is 5.51. The minimum Gasteiger partial charge on any atom is -0.486 e. The standard InChI is InChI=1S/C20H26N2O5/c1-20(2,3)27-19(24)22-13(9-12-10-15(12)22)11-21-18(23)14-5-4-6-16-17(14)26-8-7-25-16/h4-6,12-13,15H,7-11H2,1-3H3,(H,21,23)/t12-,13+,15+/m1/s1. The number of para-hydroxylation sites is 1. The molecule has 1 aromatic rings. The van der Waals surface area contributed by atoms with Gasteiger partial charge in [0.25, 0.3) is 5.91 Å². The third-order valence-corrected chi connectivity index (χ3v) is 5.12. The van der Waals surface area contributed by atoms with Crippen LogP contribution in [-0.4, -0.2) is 54.3 Å². The molecule has 2 fully saturated rings. The van der Waals surface area contributed by atoms with Crippen molar-refractivity contribution >= 4 is 12.0 Å². The average Bonchev–Trinajstić information content (AvgIpc) is 3.27. The Bertz CT molecular complexity index is 757. The Hall–Kier alpha value is -2.44. The fraction of sp³-hybridized carbons (Fsp3) is 0.600. The summed E-state index contributed by atoms with van der Waals surface area (Å²) in [6.07, 6.45) is 1.64. The van der Waals surface area contributed by atoms with E-state index < -0.39 is 5.60 Å². The second kappa shape index (κ2) is 6.62. The van der Waals surface area contributed by atoms with Crippen molar-refractivity contribution in [3.63, 3.8) is 0 Å². The van der Waals surface area contributed by atoms with Crippen molar-refractivity contribution in [2.45, 2.75) is 51.3 Å². The van der Waals surface area contributed by atoms with Crippen molar-refractivity contribution < 1.29 is 23.8 Å². The molecule has 4 rings (SSSR count). The van der Waals surface area contributed by atoms with E-state index in [9.17, 15) is 9.59 Å². The molecule has 2 heterocycles. The van der Waals surface area contributed by atoms with E-state index in [2.05, 4.69) is 5.32 Å². The van der Waals surface area contributed by atoms with E-state index in [1.165, 1.54) is 0 Å². The molecule has 1 N–H and O–H groups in total. The fourth-order valence-corrected chi connectivity index (χ4v) is 3.90. The van der Waals surface area contributed by atoms with E-state index in [-0.39, 0.29) is 24.1 Å². The van der Waals surface area contributed by atoms with Gasteiger partial charge in [-0.05, 0) is 51.7 Å². The molecule has 3 atom stereocenters. The molecule has 0 unspecified atom stereocenters. The monoisotopic (exact) mass is 374 g/mol. The molecule has 2 aliphatic heterocycles. The number of carbonyl (C=O) groups excluding carboxylic acids is 2. The molecule has 3 aliphatic rings. The Morgan fingerprint density at radius 1 is 1.22 bits per heavy atom. The highest BCUT2D eigenvalue weighted by molar-refractivity contribution is 5.97. The predicted molar refractivity (Wildman–Crippen MR) is 98.1 cm³/mol. The summed E-state index contributed by atoms with van der Waals surface area (Å²) >= 11 is 0. The first-order valence-corrected chi connectivity index (χ1v) is 9.51. The highest BCUT2D eigenvalue weighted by atomic mass is 16.6. The van der Waals surface area contributed by atoms with Crippen LogP contribution in [0.4, 0.5) is 4.79 Å². The summed E-state index contributed by atoms with van der Waals surface area (Å²) in [7, 11) is 0. The van der Waals surface area contributed by atoms with Crippen molar-refractivity contribution in [2.24, 2.45) is 5.92 Å². The zero-order valence-corrected chi connectivity index (χ0v) is 16.0. The van der Waals surface area contributed by atoms with Gasteiger partial charge in [-0.25, -0.2) is 4.79 Å². The van der Waals surface area contributed by atoms with Gasteiger partial charge < -0.3 is 24.4 Å². The van der Waals surface area contributed by atoms with E-state index in [0.717, 1.165) is 12.8 Å². The Kier molecular flexibility index (Phi) is 4.40. The van der Waals surface area contributed by atoms with Crippen molar-refractivity contribution in [1.82, 2.24) is 10.2 Å². The lowest BCUT2D eigenvalue weighted by atomic mass is 10.1. The van der Waals surface area contributed by atoms with Gasteiger partial charge in [0.15, 0.2) is 11.5 Å². The Morgan fingerprint density at radius 2 is 2.00 bits per heavy atom. The van der Waals surface area contributed by atoms with Gasteiger partial charge in [-0.2, -0.15) is 0 Å². The average molecular weight is 374 g/mol. The second-order valence-corrected chi connectivity index (χ2v) is 8.38. The summed E-state index contributed by atoms with van der Waals surface area (Å²) in [5, 5.41) is 2.96. The van der Waals surface area contributed by atoms with Crippen LogP contribution in [0.3, 0.4) is 0 Å². The Balaban J connectivity index is 1.41. The van der Waals surface area contributed by atoms with Crippen LogP contribution >= 0.6 is 0 Å². The summed E-state index contributed by atoms with van der Waals surface area (Å²) < 4.78 is 16.7. The van der Waals surface area contributed by atoms with E-state index in [4.69, 9.17) is 14.2 Å². The van der Waals surface area contributed by atoms with Gasteiger partial charge >= 0.3 is 6.09 Å². The van der Waals surface area contributed by atoms with Crippen LogP contribution < -0.4 is 14.8 Å². The number of likely N-dealkylation sites (tertiary alicyclic amines) is 1. The number of nitrogens with one attached hydrogen (secondary N) is 1. The Labute approximate surface area is 158 Å². The molecule has 146 valence electrons. The highest BCUT2D eigenvalue weighted by Gasteiger charge is 2.54. The molecule has 0 bridgehead atoms. The Morgan fingerprint density at radius 3 is 2.78 bits per heavy atom. The third kappa shape index (κ3) is 3.68. The maximum Gasteiger partial charge on any atom is 0.410 e. The van der Waals surface area contributed by atoms with Crippen molar-refractivity contribution in [3.8, 4) is 11.5 Å². The lowest BCUT2D eigenvalue weighted by Crippen LogP contribution is -2.47. The number of ether oxygens (including phenoxy) is 3. The minimum absolute atomic E-state index is 0.0377. The van der Waals surface area contributed by atoms with E-state index in [1.807, 2.05) is 25.7 Å². The molecule has 0 radical (unpaired) electrons. The number of piperidine rings is 1. The van der Waals surface area contributed by atoms with Crippen molar-refractivity contribution in [3.05, 3.63) is 23.8 Å². The first kappa shape index (κ1) is 17.9. The molecule has 7 heteroatoms. The SMILES string of the molecule is CC(C)(C)OC(=O)N1[C@H](CNC(=O)c2cccc3c2OCCO3)C[C@@H]2C[C@@H]21. The predicted octanol–water partition coefficient (Wildman–Crippen LogP) is 2.59. The number of fused-ring (bicyclic) bond motifs is 2. The van der Waals surface area contributed by atoms with Crippen LogP contribution in [0.2, 0.25) is 0 Å². The van der Waals surface area contributed by atoms with Crippen LogP contribution in [0.15, 0.2) is 18.2 Å². The van der Waals surface area contributed by atoms with Crippen molar-refractivity contribution in [2.75, 3.05) is 19.8 Å². The van der Waals surface area contributed by atoms with Gasteiger partial charge in [0.2, 0.25) is 0 Å². The summed E-state index contributed by atoms with van der Waals surface area (Å²) in [5.41, 5.74) is -0.0719. The third-order valence-electron chi connectivity index (χ3n) is 5.12. The van der Waals surface area contributed by atoms with Gasteiger partial charge in [-0.15, -0.1) is 0 Å². The number of hydrogen-bond acceptors (Lipinski definition) is 5. The fourth-order valence-electron chi connectivity index (χ4n) is 3.90. The van der Waals surface area contributed by atoms with Gasteiger partial charge in [0.05, 0.1) is 11.6 Å². The lowest BCUT2D eigenvalue weighted by Gasteiger charge is -2.30. The van der Waals surface area contributed by atoms with Crippen LogP contribution in [0, 0.1) is 5.92 Å². The van der Waals surface area contributed by atoms with E-state index >= 15 is 0 Å². The molecule has 2 amide bonds. The number of amides is 2. The zero-order chi connectivity index (χ0) is 19.2. The topological polar surface area (TPSA) is 77.1 Å². The quantitative estimate of drug-likeness (QED) is 0.880. The molecule has 0 spiro atoms. The molecule has 1 aromatic carbocycles. The van der Waals surface area contributed by atoms with Crippen LogP contribution in [0.1, 0.15) is 44.0 Å². The first-order valence-electron chi connectivity index (χ1n) is 9.51. The van der Waals surface area contributed by atoms with Gasteiger partial charge in [-0.3, -0.25) is 4.79 Å². The van der Waals surface area contributed by atoms with E-state index in [1.54, 1.807) is 18.2 Å². The molecule has 1 aliphatic carbocycles. The molecular weight excluding hydrogens is 348 g/mol. The maximum atomic E-state index is 12.7. The molecular formula is C20H26N2O5. The van der Waals surface area contributed by atoms with Crippen LogP contribution in [0.5, 0.6) is 11.5 Å². The largest absolute Gasteiger partial charge is 0.486 e. The number of nitrogens with zero attached hydrogens (tertiary/aromatic N) is 1. The first-order chi connectivity index (χ1) is 12.8. The van der Waals surface area contributed by atoms with Gasteiger partial charge in [-0.1, -0.05) is 6.07 Å². The molecule has 7 nitrogen and oxygen atoms in total. The van der Waals surface area contributed by atoms with Crippen LogP contribution in [0.25, 0.3) is 0 Å². The molecule has 1 saturated heterocycles. The smallest absolute Gasteiger partial charge is 0.410 e. The van der Waals surface area contributed by atoms with E-state index in [0.29, 0.717) is 42.7 Å².